The lowest BCUT2D eigenvalue weighted by Crippen LogP contribution is -2.35. The van der Waals surface area contributed by atoms with Gasteiger partial charge in [-0.05, 0) is 43.5 Å². The molecule has 0 aromatic heterocycles. The van der Waals surface area contributed by atoms with Crippen LogP contribution in [0.15, 0.2) is 24.3 Å². The van der Waals surface area contributed by atoms with Gasteiger partial charge in [0, 0.05) is 19.2 Å². The first-order valence-corrected chi connectivity index (χ1v) is 6.82. The molecule has 4 nitrogen and oxygen atoms in total. The third-order valence-corrected chi connectivity index (χ3v) is 3.87. The molecule has 1 saturated heterocycles. The summed E-state index contributed by atoms with van der Waals surface area (Å²) in [5.74, 6) is 0.125. The number of nitrogens with zero attached hydrogens (tertiary/aromatic N) is 1. The quantitative estimate of drug-likeness (QED) is 0.877. The van der Waals surface area contributed by atoms with Gasteiger partial charge < -0.3 is 15.4 Å². The highest BCUT2D eigenvalue weighted by Crippen LogP contribution is 2.30. The van der Waals surface area contributed by atoms with Crippen molar-refractivity contribution in [2.24, 2.45) is 5.73 Å². The van der Waals surface area contributed by atoms with E-state index in [9.17, 15) is 4.79 Å². The van der Waals surface area contributed by atoms with Crippen LogP contribution in [0, 0.1) is 0 Å². The summed E-state index contributed by atoms with van der Waals surface area (Å²) in [4.78, 5) is 13.9. The maximum atomic E-state index is 11.5. The van der Waals surface area contributed by atoms with E-state index in [0.717, 1.165) is 44.6 Å². The molecule has 0 atom stereocenters. The fraction of sp³-hybridized carbons (Fsp3) is 0.533. The molecule has 4 heteroatoms. The summed E-state index contributed by atoms with van der Waals surface area (Å²) in [7, 11) is 1.73. The van der Waals surface area contributed by atoms with Crippen molar-refractivity contribution in [3.05, 3.63) is 35.4 Å². The molecular formula is C15H22N2O2. The molecule has 1 amide bonds. The van der Waals surface area contributed by atoms with E-state index in [2.05, 4.69) is 4.90 Å². The highest BCUT2D eigenvalue weighted by atomic mass is 16.5. The normalized spacial score (nSPS) is 17.5. The fourth-order valence-corrected chi connectivity index (χ4v) is 2.77. The molecular weight excluding hydrogens is 240 g/mol. The zero-order valence-corrected chi connectivity index (χ0v) is 11.5. The van der Waals surface area contributed by atoms with E-state index in [4.69, 9.17) is 10.5 Å². The van der Waals surface area contributed by atoms with Crippen molar-refractivity contribution in [1.82, 2.24) is 4.90 Å². The lowest BCUT2D eigenvalue weighted by Gasteiger charge is -2.32. The Balaban J connectivity index is 2.00. The molecule has 1 heterocycles. The third-order valence-electron chi connectivity index (χ3n) is 3.87. The van der Waals surface area contributed by atoms with Crippen LogP contribution >= 0.6 is 0 Å². The number of rotatable bonds is 5. The zero-order valence-electron chi connectivity index (χ0n) is 11.5. The number of carbonyl (C=O) groups is 1. The summed E-state index contributed by atoms with van der Waals surface area (Å²) in [5.41, 5.74) is 7.24. The first-order chi connectivity index (χ1) is 9.22. The number of hydrogen-bond donors (Lipinski definition) is 1. The minimum atomic E-state index is -0.322. The van der Waals surface area contributed by atoms with Crippen LogP contribution in [0.25, 0.3) is 0 Å². The second-order valence-corrected chi connectivity index (χ2v) is 5.06. The molecule has 0 spiro atoms. The standard InChI is InChI=1S/C15H22N2O2/c1-19-11-10-17-8-6-12(7-9-17)13-4-2-3-5-14(13)15(16)18/h2-5,12H,6-11H2,1H3,(H2,16,18). The van der Waals surface area contributed by atoms with Crippen LogP contribution in [0.2, 0.25) is 0 Å². The van der Waals surface area contributed by atoms with Crippen molar-refractivity contribution < 1.29 is 9.53 Å². The van der Waals surface area contributed by atoms with Crippen LogP contribution in [0.5, 0.6) is 0 Å². The predicted octanol–water partition coefficient (Wildman–Crippen LogP) is 1.61. The summed E-state index contributed by atoms with van der Waals surface area (Å²) < 4.78 is 5.10. The van der Waals surface area contributed by atoms with Crippen LogP contribution in [0.1, 0.15) is 34.7 Å². The Morgan fingerprint density at radius 2 is 2.05 bits per heavy atom. The Morgan fingerprint density at radius 1 is 1.37 bits per heavy atom. The van der Waals surface area contributed by atoms with Gasteiger partial charge in [0.2, 0.25) is 5.91 Å². The van der Waals surface area contributed by atoms with Crippen LogP contribution in [-0.4, -0.2) is 44.2 Å². The Labute approximate surface area is 114 Å². The SMILES string of the molecule is COCCN1CCC(c2ccccc2C(N)=O)CC1. The molecule has 1 aromatic carbocycles. The molecule has 0 saturated carbocycles. The number of carbonyl (C=O) groups excluding carboxylic acids is 1. The monoisotopic (exact) mass is 262 g/mol. The van der Waals surface area contributed by atoms with Crippen LogP contribution < -0.4 is 5.73 Å². The molecule has 1 aliphatic heterocycles. The van der Waals surface area contributed by atoms with Crippen molar-refractivity contribution in [2.45, 2.75) is 18.8 Å². The van der Waals surface area contributed by atoms with E-state index < -0.39 is 0 Å². The maximum absolute atomic E-state index is 11.5. The number of benzene rings is 1. The lowest BCUT2D eigenvalue weighted by atomic mass is 9.86. The Morgan fingerprint density at radius 3 is 2.68 bits per heavy atom. The van der Waals surface area contributed by atoms with Gasteiger partial charge in [-0.1, -0.05) is 18.2 Å². The molecule has 1 aromatic rings. The van der Waals surface area contributed by atoms with Gasteiger partial charge in [-0.15, -0.1) is 0 Å². The first-order valence-electron chi connectivity index (χ1n) is 6.82. The number of methoxy groups -OCH3 is 1. The molecule has 0 aliphatic carbocycles. The van der Waals surface area contributed by atoms with Gasteiger partial charge >= 0.3 is 0 Å². The van der Waals surface area contributed by atoms with E-state index in [-0.39, 0.29) is 5.91 Å². The smallest absolute Gasteiger partial charge is 0.248 e. The van der Waals surface area contributed by atoms with Gasteiger partial charge in [0.05, 0.1) is 6.61 Å². The van der Waals surface area contributed by atoms with Gasteiger partial charge in [0.15, 0.2) is 0 Å². The van der Waals surface area contributed by atoms with E-state index >= 15 is 0 Å². The lowest BCUT2D eigenvalue weighted by molar-refractivity contribution is 0.0997. The molecule has 2 rings (SSSR count). The molecule has 104 valence electrons. The predicted molar refractivity (Wildman–Crippen MR) is 75.3 cm³/mol. The number of primary amides is 1. The number of hydrogen-bond acceptors (Lipinski definition) is 3. The molecule has 0 unspecified atom stereocenters. The van der Waals surface area contributed by atoms with E-state index in [1.807, 2.05) is 24.3 Å². The van der Waals surface area contributed by atoms with E-state index in [1.54, 1.807) is 7.11 Å². The Bertz CT molecular complexity index is 426. The zero-order chi connectivity index (χ0) is 13.7. The molecule has 19 heavy (non-hydrogen) atoms. The Kier molecular flexibility index (Phi) is 4.93. The second-order valence-electron chi connectivity index (χ2n) is 5.06. The minimum absolute atomic E-state index is 0.322. The summed E-state index contributed by atoms with van der Waals surface area (Å²) in [6.07, 6.45) is 2.15. The van der Waals surface area contributed by atoms with Crippen LogP contribution in [0.3, 0.4) is 0 Å². The maximum Gasteiger partial charge on any atom is 0.248 e. The minimum Gasteiger partial charge on any atom is -0.383 e. The van der Waals surface area contributed by atoms with E-state index in [1.165, 1.54) is 0 Å². The highest BCUT2D eigenvalue weighted by Gasteiger charge is 2.23. The molecule has 0 bridgehead atoms. The number of nitrogens with two attached hydrogens (primary N) is 1. The Hall–Kier alpha value is -1.39. The van der Waals surface area contributed by atoms with Crippen molar-refractivity contribution in [3.8, 4) is 0 Å². The summed E-state index contributed by atoms with van der Waals surface area (Å²) in [6, 6.07) is 7.72. The number of amides is 1. The van der Waals surface area contributed by atoms with E-state index in [0.29, 0.717) is 11.5 Å². The molecule has 1 fully saturated rings. The van der Waals surface area contributed by atoms with Gasteiger partial charge in [-0.3, -0.25) is 4.79 Å². The number of ether oxygens (including phenoxy) is 1. The van der Waals surface area contributed by atoms with Gasteiger partial charge in [-0.2, -0.15) is 0 Å². The largest absolute Gasteiger partial charge is 0.383 e. The average molecular weight is 262 g/mol. The van der Waals surface area contributed by atoms with Crippen LogP contribution in [0.4, 0.5) is 0 Å². The summed E-state index contributed by atoms with van der Waals surface area (Å²) in [5, 5.41) is 0. The molecule has 0 radical (unpaired) electrons. The second kappa shape index (κ2) is 6.68. The van der Waals surface area contributed by atoms with Crippen LogP contribution in [-0.2, 0) is 4.74 Å². The summed E-state index contributed by atoms with van der Waals surface area (Å²) >= 11 is 0. The highest BCUT2D eigenvalue weighted by molar-refractivity contribution is 5.94. The van der Waals surface area contributed by atoms with Crippen molar-refractivity contribution in [2.75, 3.05) is 33.4 Å². The molecule has 1 aliphatic rings. The van der Waals surface area contributed by atoms with Gasteiger partial charge in [0.25, 0.3) is 0 Å². The fourth-order valence-electron chi connectivity index (χ4n) is 2.77. The van der Waals surface area contributed by atoms with Crippen molar-refractivity contribution in [1.29, 1.82) is 0 Å². The van der Waals surface area contributed by atoms with Gasteiger partial charge in [-0.25, -0.2) is 0 Å². The summed E-state index contributed by atoms with van der Waals surface area (Å²) in [6.45, 7) is 3.88. The molecule has 2 N–H and O–H groups in total. The first kappa shape index (κ1) is 14.0. The number of piperidine rings is 1. The van der Waals surface area contributed by atoms with Gasteiger partial charge in [0.1, 0.15) is 0 Å². The topological polar surface area (TPSA) is 55.6 Å². The number of likely N-dealkylation sites (tertiary alicyclic amines) is 1. The van der Waals surface area contributed by atoms with Crippen molar-refractivity contribution >= 4 is 5.91 Å². The third kappa shape index (κ3) is 3.55. The average Bonchev–Trinajstić information content (AvgIpc) is 2.45. The van der Waals surface area contributed by atoms with Crippen molar-refractivity contribution in [3.63, 3.8) is 0 Å².